The smallest absolute Gasteiger partial charge is 0.306 e. The van der Waals surface area contributed by atoms with E-state index < -0.39 is 6.10 Å². The molecule has 1 atom stereocenters. The monoisotopic (exact) mass is 1130 g/mol. The highest BCUT2D eigenvalue weighted by Crippen LogP contribution is 2.16. The zero-order valence-corrected chi connectivity index (χ0v) is 53.2. The molecule has 1 unspecified atom stereocenters. The van der Waals surface area contributed by atoms with Gasteiger partial charge in [0.2, 0.25) is 0 Å². The van der Waals surface area contributed by atoms with Crippen LogP contribution in [0.15, 0.2) is 146 Å². The van der Waals surface area contributed by atoms with Crippen molar-refractivity contribution in [1.82, 2.24) is 0 Å². The Morgan fingerprint density at radius 1 is 0.256 bits per heavy atom. The quantitative estimate of drug-likeness (QED) is 0.0261. The molecule has 0 aliphatic carbocycles. The Morgan fingerprint density at radius 3 is 0.768 bits per heavy atom. The SMILES string of the molecule is CC/C=C\C/C=C\C/C=C\C/C=C\C/C=C\C/C=C\C/C=C\CCCCCC(=O)OC(COC(=O)CCCCCCC/C=C\CCC)COC(=O)CCCCCCCCCCCCCCCCCC/C=C\C/C=C\C/C=C\C/C=C\CC. The first-order chi connectivity index (χ1) is 40.5. The average molecular weight is 1130 g/mol. The van der Waals surface area contributed by atoms with Gasteiger partial charge in [0, 0.05) is 19.3 Å². The number of rotatable bonds is 60. The number of carbonyl (C=O) groups excluding carboxylic acids is 3. The highest BCUT2D eigenvalue weighted by molar-refractivity contribution is 5.71. The molecule has 6 heteroatoms. The van der Waals surface area contributed by atoms with Crippen molar-refractivity contribution in [3.8, 4) is 0 Å². The summed E-state index contributed by atoms with van der Waals surface area (Å²) >= 11 is 0. The molecule has 0 heterocycles. The Hall–Kier alpha value is -4.71. The van der Waals surface area contributed by atoms with Gasteiger partial charge >= 0.3 is 17.9 Å². The van der Waals surface area contributed by atoms with E-state index in [4.69, 9.17) is 14.2 Å². The van der Waals surface area contributed by atoms with Gasteiger partial charge in [0.1, 0.15) is 13.2 Å². The summed E-state index contributed by atoms with van der Waals surface area (Å²) in [6.07, 6.45) is 98.8. The van der Waals surface area contributed by atoms with Crippen molar-refractivity contribution in [2.24, 2.45) is 0 Å². The van der Waals surface area contributed by atoms with Crippen molar-refractivity contribution in [3.63, 3.8) is 0 Å². The van der Waals surface area contributed by atoms with Crippen molar-refractivity contribution in [2.45, 2.75) is 303 Å². The van der Waals surface area contributed by atoms with E-state index in [2.05, 4.69) is 167 Å². The second kappa shape index (κ2) is 68.8. The maximum Gasteiger partial charge on any atom is 0.306 e. The van der Waals surface area contributed by atoms with Gasteiger partial charge in [0.25, 0.3) is 0 Å². The summed E-state index contributed by atoms with van der Waals surface area (Å²) in [4.78, 5) is 38.3. The fourth-order valence-corrected chi connectivity index (χ4v) is 9.06. The molecule has 0 fully saturated rings. The van der Waals surface area contributed by atoms with Crippen LogP contribution < -0.4 is 0 Å². The van der Waals surface area contributed by atoms with Crippen LogP contribution in [0.25, 0.3) is 0 Å². The van der Waals surface area contributed by atoms with E-state index in [1.54, 1.807) is 0 Å². The largest absolute Gasteiger partial charge is 0.462 e. The van der Waals surface area contributed by atoms with Gasteiger partial charge in [0.15, 0.2) is 6.10 Å². The van der Waals surface area contributed by atoms with Crippen LogP contribution in [0.2, 0.25) is 0 Å². The van der Waals surface area contributed by atoms with E-state index >= 15 is 0 Å². The van der Waals surface area contributed by atoms with Gasteiger partial charge in [0.05, 0.1) is 0 Å². The van der Waals surface area contributed by atoms with Crippen LogP contribution in [0.4, 0.5) is 0 Å². The molecule has 0 aromatic heterocycles. The molecule has 0 aromatic rings. The summed E-state index contributed by atoms with van der Waals surface area (Å²) < 4.78 is 16.9. The van der Waals surface area contributed by atoms with E-state index in [1.165, 1.54) is 103 Å². The Bertz CT molecular complexity index is 1780. The lowest BCUT2D eigenvalue weighted by Gasteiger charge is -2.18. The van der Waals surface area contributed by atoms with Crippen molar-refractivity contribution in [3.05, 3.63) is 146 Å². The van der Waals surface area contributed by atoms with Crippen LogP contribution in [0.1, 0.15) is 297 Å². The fourth-order valence-electron chi connectivity index (χ4n) is 9.06. The normalized spacial score (nSPS) is 13.1. The van der Waals surface area contributed by atoms with Gasteiger partial charge in [-0.3, -0.25) is 14.4 Å². The molecule has 0 saturated heterocycles. The molecule has 0 spiro atoms. The first-order valence-corrected chi connectivity index (χ1v) is 33.8. The lowest BCUT2D eigenvalue weighted by molar-refractivity contribution is -0.167. The third kappa shape index (κ3) is 66.1. The van der Waals surface area contributed by atoms with Crippen molar-refractivity contribution in [1.29, 1.82) is 0 Å². The van der Waals surface area contributed by atoms with Gasteiger partial charge in [-0.05, 0) is 135 Å². The van der Waals surface area contributed by atoms with Crippen molar-refractivity contribution < 1.29 is 28.6 Å². The number of ether oxygens (including phenoxy) is 3. The van der Waals surface area contributed by atoms with E-state index in [0.717, 1.165) is 154 Å². The van der Waals surface area contributed by atoms with Crippen molar-refractivity contribution >= 4 is 17.9 Å². The molecule has 0 N–H and O–H groups in total. The fraction of sp³-hybridized carbons (Fsp3) is 0.645. The summed E-state index contributed by atoms with van der Waals surface area (Å²) in [5.41, 5.74) is 0. The topological polar surface area (TPSA) is 78.9 Å². The van der Waals surface area contributed by atoms with Crippen LogP contribution in [-0.2, 0) is 28.6 Å². The molecular weight excluding hydrogens is 1010 g/mol. The van der Waals surface area contributed by atoms with Gasteiger partial charge in [-0.2, -0.15) is 0 Å². The summed E-state index contributed by atoms with van der Waals surface area (Å²) in [7, 11) is 0. The van der Waals surface area contributed by atoms with E-state index in [0.29, 0.717) is 12.8 Å². The molecule has 6 nitrogen and oxygen atoms in total. The summed E-state index contributed by atoms with van der Waals surface area (Å²) in [6, 6.07) is 0. The van der Waals surface area contributed by atoms with Gasteiger partial charge in [-0.25, -0.2) is 0 Å². The maximum atomic E-state index is 12.9. The number of esters is 3. The molecule has 0 amide bonds. The van der Waals surface area contributed by atoms with E-state index in [-0.39, 0.29) is 37.5 Å². The van der Waals surface area contributed by atoms with Gasteiger partial charge in [-0.1, -0.05) is 289 Å². The lowest BCUT2D eigenvalue weighted by Crippen LogP contribution is -2.30. The second-order valence-corrected chi connectivity index (χ2v) is 22.0. The van der Waals surface area contributed by atoms with Gasteiger partial charge in [-0.15, -0.1) is 0 Å². The Morgan fingerprint density at radius 2 is 0.476 bits per heavy atom. The molecule has 0 aliphatic rings. The first kappa shape index (κ1) is 77.3. The maximum absolute atomic E-state index is 12.9. The molecular formula is C76H124O6. The average Bonchev–Trinajstić information content (AvgIpc) is 3.47. The van der Waals surface area contributed by atoms with Crippen LogP contribution in [0, 0.1) is 0 Å². The van der Waals surface area contributed by atoms with Crippen LogP contribution in [0.3, 0.4) is 0 Å². The molecule has 0 radical (unpaired) electrons. The van der Waals surface area contributed by atoms with Gasteiger partial charge < -0.3 is 14.2 Å². The second-order valence-electron chi connectivity index (χ2n) is 22.0. The van der Waals surface area contributed by atoms with E-state index in [9.17, 15) is 14.4 Å². The third-order valence-electron chi connectivity index (χ3n) is 14.0. The predicted octanol–water partition coefficient (Wildman–Crippen LogP) is 23.5. The number of allylic oxidation sites excluding steroid dienone is 24. The molecule has 0 rings (SSSR count). The summed E-state index contributed by atoms with van der Waals surface area (Å²) in [5, 5.41) is 0. The van der Waals surface area contributed by atoms with Crippen LogP contribution in [0.5, 0.6) is 0 Å². The third-order valence-corrected chi connectivity index (χ3v) is 14.0. The van der Waals surface area contributed by atoms with Crippen LogP contribution >= 0.6 is 0 Å². The number of hydrogen-bond acceptors (Lipinski definition) is 6. The molecule has 82 heavy (non-hydrogen) atoms. The number of unbranched alkanes of at least 4 members (excludes halogenated alkanes) is 25. The Kier molecular flexibility index (Phi) is 64.8. The first-order valence-electron chi connectivity index (χ1n) is 33.8. The minimum atomic E-state index is -0.805. The minimum absolute atomic E-state index is 0.0973. The zero-order chi connectivity index (χ0) is 59.2. The highest BCUT2D eigenvalue weighted by atomic mass is 16.6. The molecule has 0 bridgehead atoms. The Labute approximate surface area is 506 Å². The minimum Gasteiger partial charge on any atom is -0.462 e. The van der Waals surface area contributed by atoms with Crippen molar-refractivity contribution in [2.75, 3.05) is 13.2 Å². The summed E-state index contributed by atoms with van der Waals surface area (Å²) in [6.45, 7) is 6.33. The molecule has 464 valence electrons. The van der Waals surface area contributed by atoms with Crippen LogP contribution in [-0.4, -0.2) is 37.2 Å². The molecule has 0 saturated carbocycles. The van der Waals surface area contributed by atoms with E-state index in [1.807, 2.05) is 0 Å². The highest BCUT2D eigenvalue weighted by Gasteiger charge is 2.19. The number of hydrogen-bond donors (Lipinski definition) is 0. The molecule has 0 aromatic carbocycles. The summed E-state index contributed by atoms with van der Waals surface area (Å²) in [5.74, 6) is -0.939. The number of carbonyl (C=O) groups is 3. The lowest BCUT2D eigenvalue weighted by atomic mass is 10.0. The Balaban J connectivity index is 4.28. The zero-order valence-electron chi connectivity index (χ0n) is 53.2. The molecule has 0 aliphatic heterocycles. The predicted molar refractivity (Wildman–Crippen MR) is 357 cm³/mol. The standard InChI is InChI=1S/C76H124O6/c1-4-7-10-13-16-19-22-24-26-28-30-32-34-36-37-38-39-41-42-44-46-48-50-52-54-57-60-63-66-69-75(78)81-72-73(71-80-74(77)68-65-62-59-56-21-18-15-12-9-6-3)82-76(79)70-67-64-61-58-55-53-51-49-47-45-43-40-35-33-31-29-27-25-23-20-17-14-11-8-5-2/h7-8,10-12,15-17,19-20,24-27,30-33,40,43,47,49,53,55,73H,4-6,9,13-14,18,21-23,28-29,34-39,41-42,44-46,48,50-52,54,56-72H2,1-3H3/b10-7-,11-8-,15-12-,19-16-,20-17-,26-24-,27-25-,32-30-,33-31-,43-40-,49-47-,55-53-.